The van der Waals surface area contributed by atoms with Gasteiger partial charge in [-0.25, -0.2) is 0 Å². The first kappa shape index (κ1) is 11.8. The Labute approximate surface area is 110 Å². The molecule has 0 saturated carbocycles. The van der Waals surface area contributed by atoms with Gasteiger partial charge in [0.1, 0.15) is 5.82 Å². The molecule has 0 saturated heterocycles. The minimum absolute atomic E-state index is 0.957. The van der Waals surface area contributed by atoms with E-state index in [9.17, 15) is 0 Å². The standard InChI is InChI=1S/C14H18N3P/c1-10-3-4-13-14(9-10)17(11(2)15-13)12-5-7-16(18)8-6-12/h3-5,9,15H,2,6-8,18H2,1H3. The van der Waals surface area contributed by atoms with Crippen LogP contribution in [0.3, 0.4) is 0 Å². The van der Waals surface area contributed by atoms with E-state index in [1.165, 1.54) is 16.9 Å². The Hall–Kier alpha value is -1.31. The Bertz CT molecular complexity index is 536. The van der Waals surface area contributed by atoms with Crippen molar-refractivity contribution in [1.29, 1.82) is 0 Å². The summed E-state index contributed by atoms with van der Waals surface area (Å²) in [5.74, 6) is 0.957. The molecule has 3 nitrogen and oxygen atoms in total. The fraction of sp³-hybridized carbons (Fsp3) is 0.286. The van der Waals surface area contributed by atoms with E-state index in [-0.39, 0.29) is 0 Å². The van der Waals surface area contributed by atoms with Gasteiger partial charge in [-0.1, -0.05) is 28.1 Å². The van der Waals surface area contributed by atoms with E-state index in [4.69, 9.17) is 0 Å². The SMILES string of the molecule is C=C1Nc2ccc(C)cc2N1C1=CCN(P)CC1. The molecule has 1 unspecified atom stereocenters. The highest BCUT2D eigenvalue weighted by Crippen LogP contribution is 2.40. The van der Waals surface area contributed by atoms with Crippen molar-refractivity contribution in [1.82, 2.24) is 4.67 Å². The predicted octanol–water partition coefficient (Wildman–Crippen LogP) is 3.08. The monoisotopic (exact) mass is 259 g/mol. The molecule has 1 N–H and O–H groups in total. The molecule has 2 aliphatic rings. The van der Waals surface area contributed by atoms with E-state index in [0.717, 1.165) is 31.0 Å². The van der Waals surface area contributed by atoms with Crippen LogP contribution >= 0.6 is 9.39 Å². The molecule has 2 heterocycles. The van der Waals surface area contributed by atoms with Crippen molar-refractivity contribution >= 4 is 20.8 Å². The van der Waals surface area contributed by atoms with E-state index < -0.39 is 0 Å². The van der Waals surface area contributed by atoms with Crippen LogP contribution in [0.5, 0.6) is 0 Å². The number of fused-ring (bicyclic) bond motifs is 1. The molecule has 3 rings (SSSR count). The van der Waals surface area contributed by atoms with Gasteiger partial charge >= 0.3 is 0 Å². The lowest BCUT2D eigenvalue weighted by atomic mass is 10.1. The molecular weight excluding hydrogens is 241 g/mol. The molecule has 0 spiro atoms. The van der Waals surface area contributed by atoms with Crippen molar-refractivity contribution in [3.8, 4) is 0 Å². The molecule has 0 bridgehead atoms. The van der Waals surface area contributed by atoms with E-state index in [1.54, 1.807) is 0 Å². The van der Waals surface area contributed by atoms with Gasteiger partial charge in [0.2, 0.25) is 0 Å². The van der Waals surface area contributed by atoms with E-state index in [2.05, 4.69) is 62.1 Å². The van der Waals surface area contributed by atoms with Gasteiger partial charge in [0.05, 0.1) is 11.4 Å². The first-order valence-electron chi connectivity index (χ1n) is 6.20. The van der Waals surface area contributed by atoms with Crippen molar-refractivity contribution in [2.45, 2.75) is 13.3 Å². The van der Waals surface area contributed by atoms with Gasteiger partial charge in [-0.3, -0.25) is 9.57 Å². The zero-order valence-electron chi connectivity index (χ0n) is 10.6. The molecule has 2 aliphatic heterocycles. The van der Waals surface area contributed by atoms with Crippen LogP contribution in [0.1, 0.15) is 12.0 Å². The number of hydrogen-bond acceptors (Lipinski definition) is 3. The maximum absolute atomic E-state index is 4.13. The van der Waals surface area contributed by atoms with Gasteiger partial charge in [-0.05, 0) is 24.6 Å². The summed E-state index contributed by atoms with van der Waals surface area (Å²) in [6.07, 6.45) is 3.33. The summed E-state index contributed by atoms with van der Waals surface area (Å²) in [5, 5.41) is 3.35. The average Bonchev–Trinajstić information content (AvgIpc) is 2.66. The van der Waals surface area contributed by atoms with Crippen molar-refractivity contribution < 1.29 is 0 Å². The summed E-state index contributed by atoms with van der Waals surface area (Å²) < 4.78 is 2.24. The van der Waals surface area contributed by atoms with Crippen molar-refractivity contribution in [3.05, 3.63) is 47.9 Å². The van der Waals surface area contributed by atoms with E-state index >= 15 is 0 Å². The number of aryl methyl sites for hydroxylation is 1. The van der Waals surface area contributed by atoms with Crippen molar-refractivity contribution in [2.75, 3.05) is 23.3 Å². The second-order valence-electron chi connectivity index (χ2n) is 4.87. The lowest BCUT2D eigenvalue weighted by molar-refractivity contribution is 0.494. The summed E-state index contributed by atoms with van der Waals surface area (Å²) in [4.78, 5) is 2.25. The molecule has 4 heteroatoms. The highest BCUT2D eigenvalue weighted by Gasteiger charge is 2.26. The molecule has 0 fully saturated rings. The quantitative estimate of drug-likeness (QED) is 0.782. The lowest BCUT2D eigenvalue weighted by Gasteiger charge is -2.29. The normalized spacial score (nSPS) is 19.6. The Morgan fingerprint density at radius 1 is 1.39 bits per heavy atom. The number of hydrogen-bond donors (Lipinski definition) is 1. The fourth-order valence-corrected chi connectivity index (χ4v) is 2.73. The molecule has 0 aromatic heterocycles. The van der Waals surface area contributed by atoms with Crippen LogP contribution in [0.2, 0.25) is 0 Å². The topological polar surface area (TPSA) is 18.5 Å². The van der Waals surface area contributed by atoms with Crippen LogP contribution in [-0.2, 0) is 0 Å². The minimum Gasteiger partial charge on any atom is -0.340 e. The van der Waals surface area contributed by atoms with Crippen LogP contribution in [0.4, 0.5) is 11.4 Å². The van der Waals surface area contributed by atoms with Crippen molar-refractivity contribution in [3.63, 3.8) is 0 Å². The second kappa shape index (κ2) is 4.42. The van der Waals surface area contributed by atoms with Crippen LogP contribution in [0, 0.1) is 6.92 Å². The van der Waals surface area contributed by atoms with Crippen LogP contribution < -0.4 is 10.2 Å². The zero-order valence-corrected chi connectivity index (χ0v) is 11.8. The summed E-state index contributed by atoms with van der Waals surface area (Å²) in [6, 6.07) is 6.47. The molecule has 0 amide bonds. The highest BCUT2D eigenvalue weighted by atomic mass is 31.0. The number of anilines is 2. The smallest absolute Gasteiger partial charge is 0.107 e. The Morgan fingerprint density at radius 2 is 2.22 bits per heavy atom. The lowest BCUT2D eigenvalue weighted by Crippen LogP contribution is -2.27. The summed E-state index contributed by atoms with van der Waals surface area (Å²) in [7, 11) is 2.76. The van der Waals surface area contributed by atoms with Gasteiger partial charge in [0.25, 0.3) is 0 Å². The largest absolute Gasteiger partial charge is 0.340 e. The van der Waals surface area contributed by atoms with E-state index in [0.29, 0.717) is 0 Å². The Balaban J connectivity index is 1.99. The Kier molecular flexibility index (Phi) is 2.89. The van der Waals surface area contributed by atoms with Gasteiger partial charge in [0, 0.05) is 25.2 Å². The molecule has 1 aromatic rings. The first-order valence-corrected chi connectivity index (χ1v) is 6.72. The predicted molar refractivity (Wildman–Crippen MR) is 80.4 cm³/mol. The second-order valence-corrected chi connectivity index (χ2v) is 5.60. The number of benzene rings is 1. The summed E-state index contributed by atoms with van der Waals surface area (Å²) in [5.41, 5.74) is 5.00. The van der Waals surface area contributed by atoms with E-state index in [1.807, 2.05) is 0 Å². The number of nitrogens with one attached hydrogen (secondary N) is 1. The molecule has 94 valence electrons. The van der Waals surface area contributed by atoms with Crippen LogP contribution in [0.25, 0.3) is 0 Å². The van der Waals surface area contributed by atoms with Crippen LogP contribution in [-0.4, -0.2) is 17.8 Å². The zero-order chi connectivity index (χ0) is 12.7. The number of rotatable bonds is 1. The maximum atomic E-state index is 4.13. The molecule has 1 atom stereocenters. The molecule has 0 radical (unpaired) electrons. The molecule has 1 aromatic carbocycles. The molecule has 18 heavy (non-hydrogen) atoms. The highest BCUT2D eigenvalue weighted by molar-refractivity contribution is 7.13. The summed E-state index contributed by atoms with van der Waals surface area (Å²) in [6.45, 7) is 8.30. The van der Waals surface area contributed by atoms with Gasteiger partial charge in [0.15, 0.2) is 0 Å². The minimum atomic E-state index is 0.957. The Morgan fingerprint density at radius 3 is 2.94 bits per heavy atom. The third-order valence-corrected chi connectivity index (χ3v) is 3.92. The number of nitrogens with zero attached hydrogens (tertiary/aromatic N) is 2. The molecule has 0 aliphatic carbocycles. The van der Waals surface area contributed by atoms with Crippen molar-refractivity contribution in [2.24, 2.45) is 0 Å². The van der Waals surface area contributed by atoms with Gasteiger partial charge in [-0.2, -0.15) is 0 Å². The molecular formula is C14H18N3P. The first-order chi connectivity index (χ1) is 8.65. The average molecular weight is 259 g/mol. The van der Waals surface area contributed by atoms with Gasteiger partial charge in [-0.15, -0.1) is 0 Å². The third kappa shape index (κ3) is 1.94. The fourth-order valence-electron chi connectivity index (χ4n) is 2.49. The van der Waals surface area contributed by atoms with Gasteiger partial charge < -0.3 is 5.32 Å². The maximum Gasteiger partial charge on any atom is 0.107 e. The van der Waals surface area contributed by atoms with Crippen LogP contribution in [0.15, 0.2) is 42.4 Å². The third-order valence-electron chi connectivity index (χ3n) is 3.45. The summed E-state index contributed by atoms with van der Waals surface area (Å²) >= 11 is 0.